The number of nitrogens with one attached hydrogen (secondary N) is 1. The molecule has 0 bridgehead atoms. The number of halogens is 1. The number of alkyl carbamates (subject to hydrolysis) is 1. The van der Waals surface area contributed by atoms with Gasteiger partial charge in [-0.25, -0.2) is 4.79 Å². The first-order chi connectivity index (χ1) is 8.58. The van der Waals surface area contributed by atoms with E-state index in [9.17, 15) is 9.90 Å². The summed E-state index contributed by atoms with van der Waals surface area (Å²) in [6.07, 6.45) is 2.63. The van der Waals surface area contributed by atoms with Crippen LogP contribution in [0.4, 0.5) is 4.79 Å². The van der Waals surface area contributed by atoms with E-state index in [1.165, 1.54) is 5.56 Å². The minimum atomic E-state index is -0.295. The van der Waals surface area contributed by atoms with Crippen molar-refractivity contribution >= 4 is 28.7 Å². The SMILES string of the molecule is O=C1N[C@@]2(CC[C@@H](c3ccc(O)c(I)c3)C2)CO1. The van der Waals surface area contributed by atoms with Crippen LogP contribution in [-0.4, -0.2) is 23.3 Å². The average molecular weight is 359 g/mol. The summed E-state index contributed by atoms with van der Waals surface area (Å²) >= 11 is 2.13. The van der Waals surface area contributed by atoms with Gasteiger partial charge in [-0.15, -0.1) is 0 Å². The number of cyclic esters (lactones) is 1. The molecule has 1 aliphatic heterocycles. The Morgan fingerprint density at radius 3 is 3.00 bits per heavy atom. The first-order valence-electron chi connectivity index (χ1n) is 6.01. The van der Waals surface area contributed by atoms with Crippen LogP contribution in [0.5, 0.6) is 5.75 Å². The van der Waals surface area contributed by atoms with Crippen LogP contribution in [0.15, 0.2) is 18.2 Å². The number of hydrogen-bond donors (Lipinski definition) is 2. The largest absolute Gasteiger partial charge is 0.507 e. The summed E-state index contributed by atoms with van der Waals surface area (Å²) in [6, 6.07) is 5.74. The smallest absolute Gasteiger partial charge is 0.407 e. The second-order valence-electron chi connectivity index (χ2n) is 5.13. The third kappa shape index (κ3) is 2.04. The van der Waals surface area contributed by atoms with Crippen LogP contribution in [0.25, 0.3) is 0 Å². The fourth-order valence-corrected chi connectivity index (χ4v) is 3.46. The molecule has 1 amide bonds. The zero-order chi connectivity index (χ0) is 12.8. The topological polar surface area (TPSA) is 58.6 Å². The molecule has 1 saturated carbocycles. The predicted molar refractivity (Wildman–Crippen MR) is 74.6 cm³/mol. The Hall–Kier alpha value is -0.980. The highest BCUT2D eigenvalue weighted by atomic mass is 127. The van der Waals surface area contributed by atoms with Gasteiger partial charge < -0.3 is 15.2 Å². The molecule has 2 aliphatic rings. The van der Waals surface area contributed by atoms with Crippen LogP contribution < -0.4 is 5.32 Å². The van der Waals surface area contributed by atoms with E-state index < -0.39 is 0 Å². The van der Waals surface area contributed by atoms with Crippen molar-refractivity contribution in [3.05, 3.63) is 27.3 Å². The summed E-state index contributed by atoms with van der Waals surface area (Å²) in [6.45, 7) is 0.484. The molecule has 1 spiro atoms. The molecule has 1 heterocycles. The summed E-state index contributed by atoms with van der Waals surface area (Å²) in [5.41, 5.74) is 1.07. The molecule has 18 heavy (non-hydrogen) atoms. The molecular weight excluding hydrogens is 345 g/mol. The van der Waals surface area contributed by atoms with Gasteiger partial charge in [-0.1, -0.05) is 6.07 Å². The quantitative estimate of drug-likeness (QED) is 0.759. The van der Waals surface area contributed by atoms with Crippen molar-refractivity contribution in [3.63, 3.8) is 0 Å². The number of carbonyl (C=O) groups is 1. The second kappa shape index (κ2) is 4.29. The minimum Gasteiger partial charge on any atom is -0.507 e. The molecular formula is C13H14INO3. The van der Waals surface area contributed by atoms with Crippen molar-refractivity contribution in [1.29, 1.82) is 0 Å². The van der Waals surface area contributed by atoms with Crippen molar-refractivity contribution in [2.45, 2.75) is 30.7 Å². The van der Waals surface area contributed by atoms with E-state index in [-0.39, 0.29) is 11.6 Å². The molecule has 2 atom stereocenters. The molecule has 4 nitrogen and oxygen atoms in total. The van der Waals surface area contributed by atoms with E-state index in [0.29, 0.717) is 18.3 Å². The van der Waals surface area contributed by atoms with Crippen molar-refractivity contribution < 1.29 is 14.6 Å². The van der Waals surface area contributed by atoms with Gasteiger partial charge in [0.05, 0.1) is 9.11 Å². The Kier molecular flexibility index (Phi) is 2.88. The van der Waals surface area contributed by atoms with Crippen molar-refractivity contribution in [2.75, 3.05) is 6.61 Å². The van der Waals surface area contributed by atoms with E-state index in [1.807, 2.05) is 12.1 Å². The fraction of sp³-hybridized carbons (Fsp3) is 0.462. The molecule has 3 rings (SSSR count). The maximum Gasteiger partial charge on any atom is 0.407 e. The summed E-state index contributed by atoms with van der Waals surface area (Å²) in [4.78, 5) is 11.2. The van der Waals surface area contributed by atoms with Gasteiger partial charge >= 0.3 is 6.09 Å². The fourth-order valence-electron chi connectivity index (χ4n) is 2.92. The van der Waals surface area contributed by atoms with Gasteiger partial charge in [0.15, 0.2) is 0 Å². The number of rotatable bonds is 1. The minimum absolute atomic E-state index is 0.162. The first-order valence-corrected chi connectivity index (χ1v) is 7.09. The Morgan fingerprint density at radius 2 is 2.33 bits per heavy atom. The first kappa shape index (κ1) is 12.1. The Bertz CT molecular complexity index is 505. The lowest BCUT2D eigenvalue weighted by molar-refractivity contribution is 0.172. The number of phenolic OH excluding ortho intramolecular Hbond substituents is 1. The third-order valence-electron chi connectivity index (χ3n) is 3.90. The van der Waals surface area contributed by atoms with E-state index in [2.05, 4.69) is 27.9 Å². The van der Waals surface area contributed by atoms with E-state index in [4.69, 9.17) is 4.74 Å². The predicted octanol–water partition coefficient (Wildman–Crippen LogP) is 2.74. The number of aromatic hydroxyl groups is 1. The van der Waals surface area contributed by atoms with Crippen LogP contribution in [-0.2, 0) is 4.74 Å². The zero-order valence-electron chi connectivity index (χ0n) is 9.78. The number of amides is 1. The highest BCUT2D eigenvalue weighted by Crippen LogP contribution is 2.43. The Balaban J connectivity index is 1.79. The average Bonchev–Trinajstić information content (AvgIpc) is 2.91. The normalized spacial score (nSPS) is 30.5. The molecule has 2 N–H and O–H groups in total. The third-order valence-corrected chi connectivity index (χ3v) is 4.76. The zero-order valence-corrected chi connectivity index (χ0v) is 11.9. The molecule has 1 aromatic rings. The van der Waals surface area contributed by atoms with Crippen molar-refractivity contribution in [3.8, 4) is 5.75 Å². The summed E-state index contributed by atoms with van der Waals surface area (Å²) < 4.78 is 5.90. The number of hydrogen-bond acceptors (Lipinski definition) is 3. The standard InChI is InChI=1S/C13H14INO3/c14-10-5-8(1-2-11(10)16)9-3-4-13(6-9)7-18-12(17)15-13/h1-2,5,9,16H,3-4,6-7H2,(H,15,17)/t9-,13-/m1/s1. The Morgan fingerprint density at radius 1 is 1.50 bits per heavy atom. The van der Waals surface area contributed by atoms with E-state index in [0.717, 1.165) is 22.8 Å². The van der Waals surface area contributed by atoms with Gasteiger partial charge in [-0.05, 0) is 65.5 Å². The van der Waals surface area contributed by atoms with Gasteiger partial charge in [0.1, 0.15) is 12.4 Å². The molecule has 0 unspecified atom stereocenters. The molecule has 2 fully saturated rings. The van der Waals surface area contributed by atoms with Crippen LogP contribution in [0.1, 0.15) is 30.7 Å². The number of benzene rings is 1. The summed E-state index contributed by atoms with van der Waals surface area (Å²) in [5.74, 6) is 0.755. The molecule has 1 aromatic carbocycles. The van der Waals surface area contributed by atoms with Gasteiger partial charge in [-0.3, -0.25) is 0 Å². The molecule has 0 radical (unpaired) electrons. The summed E-state index contributed by atoms with van der Waals surface area (Å²) in [7, 11) is 0. The number of phenols is 1. The Labute approximate surface area is 119 Å². The lowest BCUT2D eigenvalue weighted by atomic mass is 9.93. The van der Waals surface area contributed by atoms with Gasteiger partial charge in [0, 0.05) is 0 Å². The van der Waals surface area contributed by atoms with Gasteiger partial charge in [0.25, 0.3) is 0 Å². The monoisotopic (exact) mass is 359 g/mol. The lowest BCUT2D eigenvalue weighted by Gasteiger charge is -2.20. The maximum absolute atomic E-state index is 11.2. The molecule has 96 valence electrons. The van der Waals surface area contributed by atoms with Crippen LogP contribution >= 0.6 is 22.6 Å². The van der Waals surface area contributed by atoms with Crippen molar-refractivity contribution in [1.82, 2.24) is 5.32 Å². The van der Waals surface area contributed by atoms with Crippen LogP contribution in [0.3, 0.4) is 0 Å². The van der Waals surface area contributed by atoms with Crippen molar-refractivity contribution in [2.24, 2.45) is 0 Å². The number of ether oxygens (including phenoxy) is 1. The van der Waals surface area contributed by atoms with Crippen LogP contribution in [0.2, 0.25) is 0 Å². The molecule has 5 heteroatoms. The van der Waals surface area contributed by atoms with Crippen LogP contribution in [0, 0.1) is 3.57 Å². The maximum atomic E-state index is 11.2. The van der Waals surface area contributed by atoms with E-state index in [1.54, 1.807) is 6.07 Å². The molecule has 0 aromatic heterocycles. The van der Waals surface area contributed by atoms with Gasteiger partial charge in [-0.2, -0.15) is 0 Å². The summed E-state index contributed by atoms with van der Waals surface area (Å²) in [5, 5.41) is 12.5. The lowest BCUT2D eigenvalue weighted by Crippen LogP contribution is -2.40. The highest BCUT2D eigenvalue weighted by Gasteiger charge is 2.45. The van der Waals surface area contributed by atoms with Gasteiger partial charge in [0.2, 0.25) is 0 Å². The number of carbonyl (C=O) groups excluding carboxylic acids is 1. The molecule has 1 saturated heterocycles. The van der Waals surface area contributed by atoms with E-state index >= 15 is 0 Å². The molecule has 1 aliphatic carbocycles. The second-order valence-corrected chi connectivity index (χ2v) is 6.29. The highest BCUT2D eigenvalue weighted by molar-refractivity contribution is 14.1.